The van der Waals surface area contributed by atoms with Crippen LogP contribution in [0.3, 0.4) is 0 Å². The van der Waals surface area contributed by atoms with Gasteiger partial charge in [-0.25, -0.2) is 0 Å². The Morgan fingerprint density at radius 1 is 0.957 bits per heavy atom. The van der Waals surface area contributed by atoms with Gasteiger partial charge in [-0.05, 0) is 23.8 Å². The zero-order valence-corrected chi connectivity index (χ0v) is 11.3. The molecule has 0 aliphatic rings. The highest BCUT2D eigenvalue weighted by atomic mass is 19.4. The average Bonchev–Trinajstić information content (AvgIpc) is 2.46. The fraction of sp³-hybridized carbons (Fsp3) is 0.200. The minimum Gasteiger partial charge on any atom is -0.259 e. The van der Waals surface area contributed by atoms with Gasteiger partial charge in [-0.2, -0.15) is 31.6 Å². The van der Waals surface area contributed by atoms with E-state index < -0.39 is 35.6 Å². The lowest BCUT2D eigenvalue weighted by atomic mass is 10.0. The summed E-state index contributed by atoms with van der Waals surface area (Å²) in [6, 6.07) is 6.22. The first-order chi connectivity index (χ1) is 10.6. The van der Waals surface area contributed by atoms with E-state index in [-0.39, 0.29) is 11.1 Å². The highest BCUT2D eigenvalue weighted by Crippen LogP contribution is 2.36. The minimum atomic E-state index is -4.75. The first kappa shape index (κ1) is 16.8. The van der Waals surface area contributed by atoms with Crippen molar-refractivity contribution >= 4 is 0 Å². The molecule has 0 unspecified atom stereocenters. The van der Waals surface area contributed by atoms with Gasteiger partial charge in [-0.3, -0.25) is 4.98 Å². The molecule has 1 heterocycles. The molecule has 0 amide bonds. The Morgan fingerprint density at radius 2 is 1.65 bits per heavy atom. The molecule has 0 atom stereocenters. The van der Waals surface area contributed by atoms with Gasteiger partial charge < -0.3 is 0 Å². The molecule has 2 rings (SSSR count). The smallest absolute Gasteiger partial charge is 0.259 e. The molecule has 0 bridgehead atoms. The number of rotatable bonds is 2. The Labute approximate surface area is 127 Å². The van der Waals surface area contributed by atoms with E-state index in [1.807, 2.05) is 0 Å². The molecule has 8 heteroatoms. The number of alkyl halides is 6. The molecule has 0 aliphatic carbocycles. The second kappa shape index (κ2) is 5.91. The van der Waals surface area contributed by atoms with E-state index in [1.165, 1.54) is 6.07 Å². The third-order valence-corrected chi connectivity index (χ3v) is 3.05. The van der Waals surface area contributed by atoms with E-state index in [0.717, 1.165) is 24.4 Å². The second-order valence-corrected chi connectivity index (χ2v) is 4.63. The van der Waals surface area contributed by atoms with Gasteiger partial charge in [0.2, 0.25) is 0 Å². The molecule has 0 spiro atoms. The summed E-state index contributed by atoms with van der Waals surface area (Å²) < 4.78 is 77.1. The summed E-state index contributed by atoms with van der Waals surface area (Å²) in [5.41, 5.74) is -2.71. The maximum Gasteiger partial charge on any atom is 0.418 e. The van der Waals surface area contributed by atoms with E-state index in [9.17, 15) is 26.3 Å². The summed E-state index contributed by atoms with van der Waals surface area (Å²) in [6.45, 7) is 0. The maximum absolute atomic E-state index is 13.0. The Hall–Kier alpha value is -2.56. The molecule has 1 aromatic heterocycles. The van der Waals surface area contributed by atoms with Crippen LogP contribution in [0.2, 0.25) is 0 Å². The van der Waals surface area contributed by atoms with Crippen LogP contribution in [-0.2, 0) is 18.8 Å². The molecule has 0 saturated heterocycles. The van der Waals surface area contributed by atoms with Gasteiger partial charge in [0, 0.05) is 11.8 Å². The van der Waals surface area contributed by atoms with Crippen LogP contribution in [0.15, 0.2) is 36.5 Å². The second-order valence-electron chi connectivity index (χ2n) is 4.63. The number of halogens is 6. The Kier molecular flexibility index (Phi) is 4.32. The summed E-state index contributed by atoms with van der Waals surface area (Å²) >= 11 is 0. The number of nitriles is 1. The van der Waals surface area contributed by atoms with Crippen molar-refractivity contribution in [1.82, 2.24) is 4.98 Å². The number of aromatic nitrogens is 1. The first-order valence-electron chi connectivity index (χ1n) is 6.23. The summed E-state index contributed by atoms with van der Waals surface area (Å²) in [6.07, 6.45) is -8.87. The molecule has 0 N–H and O–H groups in total. The molecule has 120 valence electrons. The quantitative estimate of drug-likeness (QED) is 0.738. The van der Waals surface area contributed by atoms with Crippen molar-refractivity contribution in [2.45, 2.75) is 18.8 Å². The highest BCUT2D eigenvalue weighted by molar-refractivity contribution is 5.64. The van der Waals surface area contributed by atoms with Crippen LogP contribution in [0.4, 0.5) is 26.3 Å². The number of hydrogen-bond donors (Lipinski definition) is 0. The van der Waals surface area contributed by atoms with Crippen LogP contribution in [-0.4, -0.2) is 4.98 Å². The van der Waals surface area contributed by atoms with Gasteiger partial charge in [0.05, 0.1) is 29.3 Å². The first-order valence-corrected chi connectivity index (χ1v) is 6.23. The van der Waals surface area contributed by atoms with Gasteiger partial charge in [0.15, 0.2) is 0 Å². The van der Waals surface area contributed by atoms with E-state index in [1.54, 1.807) is 6.07 Å². The van der Waals surface area contributed by atoms with Crippen LogP contribution in [0, 0.1) is 11.3 Å². The van der Waals surface area contributed by atoms with Crippen LogP contribution < -0.4 is 0 Å². The Bertz CT molecular complexity index is 756. The van der Waals surface area contributed by atoms with Gasteiger partial charge >= 0.3 is 12.4 Å². The molecule has 0 fully saturated rings. The Balaban J connectivity index is 2.56. The number of pyridine rings is 1. The standard InChI is InChI=1S/C15H8F6N2/c16-14(17,18)11-3-1-2-9(6-11)10-7-12(15(19,20)21)13(4-5-22)23-8-10/h1-3,6-8H,4H2. The maximum atomic E-state index is 13.0. The predicted molar refractivity (Wildman–Crippen MR) is 69.0 cm³/mol. The van der Waals surface area contributed by atoms with Crippen molar-refractivity contribution in [2.24, 2.45) is 0 Å². The van der Waals surface area contributed by atoms with Gasteiger partial charge in [-0.1, -0.05) is 12.1 Å². The number of hydrogen-bond acceptors (Lipinski definition) is 2. The van der Waals surface area contributed by atoms with E-state index in [2.05, 4.69) is 4.98 Å². The lowest BCUT2D eigenvalue weighted by Crippen LogP contribution is -2.11. The van der Waals surface area contributed by atoms with Crippen LogP contribution in [0.25, 0.3) is 11.1 Å². The van der Waals surface area contributed by atoms with Gasteiger partial charge in [-0.15, -0.1) is 0 Å². The van der Waals surface area contributed by atoms with Crippen molar-refractivity contribution in [3.63, 3.8) is 0 Å². The largest absolute Gasteiger partial charge is 0.418 e. The molecule has 2 nitrogen and oxygen atoms in total. The molecule has 0 radical (unpaired) electrons. The average molecular weight is 330 g/mol. The van der Waals surface area contributed by atoms with E-state index in [0.29, 0.717) is 6.07 Å². The van der Waals surface area contributed by atoms with E-state index >= 15 is 0 Å². The van der Waals surface area contributed by atoms with Gasteiger partial charge in [0.25, 0.3) is 0 Å². The molecule has 0 saturated carbocycles. The van der Waals surface area contributed by atoms with Crippen LogP contribution in [0.5, 0.6) is 0 Å². The molecule has 1 aromatic carbocycles. The van der Waals surface area contributed by atoms with Crippen LogP contribution in [0.1, 0.15) is 16.8 Å². The summed E-state index contributed by atoms with van der Waals surface area (Å²) in [5.74, 6) is 0. The fourth-order valence-corrected chi connectivity index (χ4v) is 1.99. The third kappa shape index (κ3) is 3.80. The topological polar surface area (TPSA) is 36.7 Å². The number of benzene rings is 1. The van der Waals surface area contributed by atoms with E-state index in [4.69, 9.17) is 5.26 Å². The lowest BCUT2D eigenvalue weighted by molar-refractivity contribution is -0.139. The lowest BCUT2D eigenvalue weighted by Gasteiger charge is -2.13. The predicted octanol–water partition coefficient (Wildman–Crippen LogP) is 4.85. The van der Waals surface area contributed by atoms with Gasteiger partial charge in [0.1, 0.15) is 0 Å². The Morgan fingerprint density at radius 3 is 2.22 bits per heavy atom. The van der Waals surface area contributed by atoms with Crippen molar-refractivity contribution in [3.8, 4) is 17.2 Å². The normalized spacial score (nSPS) is 12.0. The van der Waals surface area contributed by atoms with Crippen molar-refractivity contribution < 1.29 is 26.3 Å². The summed E-state index contributed by atoms with van der Waals surface area (Å²) in [7, 11) is 0. The molecule has 0 aliphatic heterocycles. The monoisotopic (exact) mass is 330 g/mol. The van der Waals surface area contributed by atoms with Crippen molar-refractivity contribution in [3.05, 3.63) is 53.3 Å². The summed E-state index contributed by atoms with van der Waals surface area (Å²) in [5, 5.41) is 8.54. The zero-order valence-electron chi connectivity index (χ0n) is 11.3. The third-order valence-electron chi connectivity index (χ3n) is 3.05. The molecule has 23 heavy (non-hydrogen) atoms. The molecule has 2 aromatic rings. The summed E-state index contributed by atoms with van der Waals surface area (Å²) in [4.78, 5) is 3.58. The highest BCUT2D eigenvalue weighted by Gasteiger charge is 2.35. The fourth-order valence-electron chi connectivity index (χ4n) is 1.99. The zero-order chi connectivity index (χ0) is 17.3. The molecular formula is C15H8F6N2. The minimum absolute atomic E-state index is 0.0404. The van der Waals surface area contributed by atoms with Crippen molar-refractivity contribution in [2.75, 3.05) is 0 Å². The molecular weight excluding hydrogens is 322 g/mol. The van der Waals surface area contributed by atoms with Crippen LogP contribution >= 0.6 is 0 Å². The number of nitrogens with zero attached hydrogens (tertiary/aromatic N) is 2. The SMILES string of the molecule is N#CCc1ncc(-c2cccc(C(F)(F)F)c2)cc1C(F)(F)F. The van der Waals surface area contributed by atoms with Crippen molar-refractivity contribution in [1.29, 1.82) is 5.26 Å².